The lowest BCUT2D eigenvalue weighted by Gasteiger charge is -2.24. The molecule has 1 saturated heterocycles. The zero-order valence-electron chi connectivity index (χ0n) is 12.1. The summed E-state index contributed by atoms with van der Waals surface area (Å²) in [6.45, 7) is 1.40. The third kappa shape index (κ3) is 2.94. The van der Waals surface area contributed by atoms with Gasteiger partial charge in [-0.1, -0.05) is 6.07 Å². The van der Waals surface area contributed by atoms with E-state index in [-0.39, 0.29) is 6.10 Å². The Kier molecular flexibility index (Phi) is 3.95. The summed E-state index contributed by atoms with van der Waals surface area (Å²) in [7, 11) is 1.62. The van der Waals surface area contributed by atoms with Crippen LogP contribution < -0.4 is 9.47 Å². The number of nitrogens with zero attached hydrogens (tertiary/aromatic N) is 1. The van der Waals surface area contributed by atoms with Crippen LogP contribution in [0.1, 0.15) is 31.2 Å². The summed E-state index contributed by atoms with van der Waals surface area (Å²) >= 11 is 0. The van der Waals surface area contributed by atoms with Crippen LogP contribution in [0.5, 0.6) is 11.5 Å². The predicted octanol–water partition coefficient (Wildman–Crippen LogP) is 2.58. The predicted molar refractivity (Wildman–Crippen MR) is 76.5 cm³/mol. The van der Waals surface area contributed by atoms with Crippen molar-refractivity contribution in [2.45, 2.75) is 37.3 Å². The molecule has 0 bridgehead atoms. The first-order chi connectivity index (χ1) is 10.3. The molecule has 1 atom stereocenters. The fraction of sp³-hybridized carbons (Fsp3) is 0.562. The quantitative estimate of drug-likeness (QED) is 0.617. The molecule has 2 aliphatic rings. The number of aliphatic imine (C=N–C) groups is 1. The van der Waals surface area contributed by atoms with E-state index < -0.39 is 5.54 Å². The van der Waals surface area contributed by atoms with Crippen LogP contribution >= 0.6 is 0 Å². The minimum absolute atomic E-state index is 0.0487. The van der Waals surface area contributed by atoms with Gasteiger partial charge in [-0.3, -0.25) is 0 Å². The summed E-state index contributed by atoms with van der Waals surface area (Å²) in [5.74, 6) is 1.38. The standard InChI is InChI=1S/C16H19NO4/c1-19-14-5-4-12(16(6-7-16)17-11-18)9-15(14)21-13-3-2-8-20-10-13/h4-5,9,13H,2-3,6-8,10H2,1H3. The zero-order valence-corrected chi connectivity index (χ0v) is 12.1. The van der Waals surface area contributed by atoms with Crippen molar-refractivity contribution in [3.63, 3.8) is 0 Å². The molecule has 1 aliphatic carbocycles. The van der Waals surface area contributed by atoms with E-state index in [1.54, 1.807) is 13.2 Å². The van der Waals surface area contributed by atoms with E-state index >= 15 is 0 Å². The molecular weight excluding hydrogens is 270 g/mol. The lowest BCUT2D eigenvalue weighted by Crippen LogP contribution is -2.28. The second-order valence-electron chi connectivity index (χ2n) is 5.56. The fourth-order valence-electron chi connectivity index (χ4n) is 2.71. The van der Waals surface area contributed by atoms with Crippen LogP contribution in [0.15, 0.2) is 23.2 Å². The molecule has 1 aliphatic heterocycles. The first-order valence-electron chi connectivity index (χ1n) is 7.29. The molecule has 1 unspecified atom stereocenters. The van der Waals surface area contributed by atoms with Gasteiger partial charge in [0.05, 0.1) is 19.3 Å². The first-order valence-corrected chi connectivity index (χ1v) is 7.29. The summed E-state index contributed by atoms with van der Waals surface area (Å²) < 4.78 is 16.8. The minimum Gasteiger partial charge on any atom is -0.493 e. The number of carbonyl (C=O) groups excluding carboxylic acids is 1. The number of benzene rings is 1. The van der Waals surface area contributed by atoms with Gasteiger partial charge in [-0.15, -0.1) is 0 Å². The number of hydrogen-bond acceptors (Lipinski definition) is 5. The van der Waals surface area contributed by atoms with Crippen molar-refractivity contribution in [2.75, 3.05) is 20.3 Å². The molecule has 112 valence electrons. The normalized spacial score (nSPS) is 23.0. The topological polar surface area (TPSA) is 57.1 Å². The highest BCUT2D eigenvalue weighted by atomic mass is 16.5. The molecule has 1 saturated carbocycles. The SMILES string of the molecule is COc1ccc(C2(N=C=O)CC2)cc1OC1CCCOC1. The van der Waals surface area contributed by atoms with Gasteiger partial charge in [-0.05, 0) is 43.4 Å². The van der Waals surface area contributed by atoms with Crippen molar-refractivity contribution in [3.8, 4) is 11.5 Å². The molecule has 0 spiro atoms. The van der Waals surface area contributed by atoms with E-state index in [0.29, 0.717) is 18.1 Å². The van der Waals surface area contributed by atoms with Gasteiger partial charge in [0.2, 0.25) is 6.08 Å². The Balaban J connectivity index is 1.85. The average molecular weight is 289 g/mol. The molecule has 1 aromatic rings. The molecule has 1 heterocycles. The highest BCUT2D eigenvalue weighted by Gasteiger charge is 2.45. The lowest BCUT2D eigenvalue weighted by molar-refractivity contribution is 0.00639. The van der Waals surface area contributed by atoms with Crippen molar-refractivity contribution in [3.05, 3.63) is 23.8 Å². The van der Waals surface area contributed by atoms with Crippen LogP contribution in [0.3, 0.4) is 0 Å². The first kappa shape index (κ1) is 14.1. The maximum absolute atomic E-state index is 10.6. The Morgan fingerprint density at radius 1 is 1.38 bits per heavy atom. The summed E-state index contributed by atoms with van der Waals surface area (Å²) in [6.07, 6.45) is 5.46. The number of hydrogen-bond donors (Lipinski definition) is 0. The molecule has 5 nitrogen and oxygen atoms in total. The Hall–Kier alpha value is -1.84. The van der Waals surface area contributed by atoms with Crippen molar-refractivity contribution in [1.82, 2.24) is 0 Å². The van der Waals surface area contributed by atoms with Crippen LogP contribution in [0.2, 0.25) is 0 Å². The summed E-state index contributed by atoms with van der Waals surface area (Å²) in [5.41, 5.74) is 0.591. The number of isocyanates is 1. The van der Waals surface area contributed by atoms with Gasteiger partial charge in [0.25, 0.3) is 0 Å². The molecule has 5 heteroatoms. The van der Waals surface area contributed by atoms with E-state index in [1.165, 1.54) is 0 Å². The number of rotatable bonds is 5. The molecule has 3 rings (SSSR count). The monoisotopic (exact) mass is 289 g/mol. The van der Waals surface area contributed by atoms with E-state index in [1.807, 2.05) is 18.2 Å². The van der Waals surface area contributed by atoms with Crippen LogP contribution in [0.4, 0.5) is 0 Å². The summed E-state index contributed by atoms with van der Waals surface area (Å²) in [5, 5.41) is 0. The molecule has 0 aromatic heterocycles. The molecular formula is C16H19NO4. The van der Waals surface area contributed by atoms with Gasteiger partial charge in [0.15, 0.2) is 11.5 Å². The highest BCUT2D eigenvalue weighted by Crippen LogP contribution is 2.50. The number of ether oxygens (including phenoxy) is 3. The van der Waals surface area contributed by atoms with Gasteiger partial charge >= 0.3 is 0 Å². The Bertz CT molecular complexity index is 555. The van der Waals surface area contributed by atoms with E-state index in [0.717, 1.165) is 37.9 Å². The third-order valence-electron chi connectivity index (χ3n) is 4.10. The molecule has 0 radical (unpaired) electrons. The van der Waals surface area contributed by atoms with Crippen molar-refractivity contribution in [2.24, 2.45) is 4.99 Å². The molecule has 0 amide bonds. The highest BCUT2D eigenvalue weighted by molar-refractivity contribution is 5.48. The van der Waals surface area contributed by atoms with Crippen LogP contribution in [-0.2, 0) is 15.1 Å². The van der Waals surface area contributed by atoms with Crippen molar-refractivity contribution >= 4 is 6.08 Å². The second kappa shape index (κ2) is 5.88. The smallest absolute Gasteiger partial charge is 0.235 e. The summed E-state index contributed by atoms with van der Waals surface area (Å²) in [4.78, 5) is 14.5. The van der Waals surface area contributed by atoms with E-state index in [4.69, 9.17) is 14.2 Å². The maximum Gasteiger partial charge on any atom is 0.235 e. The third-order valence-corrected chi connectivity index (χ3v) is 4.10. The maximum atomic E-state index is 10.6. The van der Waals surface area contributed by atoms with Gasteiger partial charge in [-0.2, -0.15) is 4.99 Å². The van der Waals surface area contributed by atoms with Crippen molar-refractivity contribution in [1.29, 1.82) is 0 Å². The zero-order chi connectivity index (χ0) is 14.7. The van der Waals surface area contributed by atoms with Crippen LogP contribution in [0, 0.1) is 0 Å². The van der Waals surface area contributed by atoms with Crippen LogP contribution in [-0.4, -0.2) is 32.5 Å². The van der Waals surface area contributed by atoms with Gasteiger partial charge in [0, 0.05) is 6.61 Å². The average Bonchev–Trinajstić information content (AvgIpc) is 3.29. The number of methoxy groups -OCH3 is 1. The molecule has 0 N–H and O–H groups in total. The van der Waals surface area contributed by atoms with E-state index in [2.05, 4.69) is 4.99 Å². The van der Waals surface area contributed by atoms with Gasteiger partial charge < -0.3 is 14.2 Å². The molecule has 1 aromatic carbocycles. The van der Waals surface area contributed by atoms with E-state index in [9.17, 15) is 4.79 Å². The Labute approximate surface area is 123 Å². The summed E-state index contributed by atoms with van der Waals surface area (Å²) in [6, 6.07) is 5.74. The fourth-order valence-corrected chi connectivity index (χ4v) is 2.71. The van der Waals surface area contributed by atoms with Gasteiger partial charge in [-0.25, -0.2) is 4.79 Å². The Morgan fingerprint density at radius 2 is 2.24 bits per heavy atom. The molecule has 2 fully saturated rings. The Morgan fingerprint density at radius 3 is 2.86 bits per heavy atom. The molecule has 21 heavy (non-hydrogen) atoms. The second-order valence-corrected chi connectivity index (χ2v) is 5.56. The van der Waals surface area contributed by atoms with Gasteiger partial charge in [0.1, 0.15) is 6.10 Å². The lowest BCUT2D eigenvalue weighted by atomic mass is 10.0. The van der Waals surface area contributed by atoms with Crippen molar-refractivity contribution < 1.29 is 19.0 Å². The largest absolute Gasteiger partial charge is 0.493 e. The minimum atomic E-state index is -0.394. The van der Waals surface area contributed by atoms with Crippen LogP contribution in [0.25, 0.3) is 0 Å².